The standard InChI is InChI=1S/C44H26N3O3/c48-43-33-18-15-28(26-9-3-1-4-10-26)23-34(33)32-19-22-39-42-41(32)47(43)44(49)46(42)38-21-17-30(25-40(38)50-39)45-36-14-8-7-13-31(36)35-24-29(16-20-37(35)45)27-11-5-2-6-12-27/h1-25,39H/q+1. The molecule has 50 heavy (non-hydrogen) atoms. The summed E-state index contributed by atoms with van der Waals surface area (Å²) in [5, 5.41) is 3.65. The minimum atomic E-state index is -0.524. The van der Waals surface area contributed by atoms with Crippen molar-refractivity contribution in [2.24, 2.45) is 0 Å². The molecule has 2 aromatic heterocycles. The van der Waals surface area contributed by atoms with Crippen LogP contribution in [0.1, 0.15) is 11.3 Å². The summed E-state index contributed by atoms with van der Waals surface area (Å²) >= 11 is 0. The zero-order chi connectivity index (χ0) is 33.1. The van der Waals surface area contributed by atoms with Gasteiger partial charge in [-0.1, -0.05) is 91.0 Å². The molecular formula is C44H26N3O3+. The monoisotopic (exact) mass is 644 g/mol. The molecule has 234 valence electrons. The van der Waals surface area contributed by atoms with Gasteiger partial charge in [-0.3, -0.25) is 0 Å². The van der Waals surface area contributed by atoms with Crippen molar-refractivity contribution in [3.05, 3.63) is 167 Å². The maximum Gasteiger partial charge on any atom is 0.512 e. The molecule has 6 aromatic carbocycles. The van der Waals surface area contributed by atoms with Crippen LogP contribution in [0.5, 0.6) is 5.75 Å². The van der Waals surface area contributed by atoms with E-state index in [1.807, 2.05) is 66.7 Å². The lowest BCUT2D eigenvalue weighted by Gasteiger charge is -2.25. The molecule has 3 aliphatic rings. The first kappa shape index (κ1) is 27.2. The van der Waals surface area contributed by atoms with Crippen molar-refractivity contribution in [3.8, 4) is 33.7 Å². The lowest BCUT2D eigenvalue weighted by molar-refractivity contribution is -0.336. The summed E-state index contributed by atoms with van der Waals surface area (Å²) in [6.07, 6.45) is 3.47. The number of rotatable bonds is 3. The molecule has 11 rings (SSSR count). The molecule has 0 saturated heterocycles. The highest BCUT2D eigenvalue weighted by Crippen LogP contribution is 2.43. The minimum absolute atomic E-state index is 0.322. The molecule has 0 fully saturated rings. The maximum atomic E-state index is 14.3. The molecule has 1 aliphatic carbocycles. The van der Waals surface area contributed by atoms with E-state index >= 15 is 0 Å². The Hall–Kier alpha value is -6.79. The molecule has 0 bridgehead atoms. The van der Waals surface area contributed by atoms with Crippen LogP contribution in [0, 0.1) is 0 Å². The van der Waals surface area contributed by atoms with E-state index < -0.39 is 6.10 Å². The van der Waals surface area contributed by atoms with E-state index in [2.05, 4.69) is 89.5 Å². The molecule has 6 heteroatoms. The molecule has 1 unspecified atom stereocenters. The van der Waals surface area contributed by atoms with E-state index in [0.29, 0.717) is 28.2 Å². The van der Waals surface area contributed by atoms with Gasteiger partial charge in [0.2, 0.25) is 5.71 Å². The average molecular weight is 645 g/mol. The number of hydrogen-bond acceptors (Lipinski definition) is 3. The van der Waals surface area contributed by atoms with Crippen LogP contribution in [0.3, 0.4) is 0 Å². The number of carbonyl (C=O) groups is 1. The van der Waals surface area contributed by atoms with Gasteiger partial charge in [-0.2, -0.15) is 4.79 Å². The summed E-state index contributed by atoms with van der Waals surface area (Å²) < 4.78 is 11.9. The summed E-state index contributed by atoms with van der Waals surface area (Å²) in [5.41, 5.74) is 9.93. The Kier molecular flexibility index (Phi) is 5.37. The number of pyridine rings is 1. The molecule has 2 aliphatic heterocycles. The van der Waals surface area contributed by atoms with Crippen LogP contribution in [0.25, 0.3) is 66.6 Å². The van der Waals surface area contributed by atoms with Gasteiger partial charge >= 0.3 is 11.6 Å². The third-order valence-electron chi connectivity index (χ3n) is 10.4. The third-order valence-corrected chi connectivity index (χ3v) is 10.4. The first-order valence-corrected chi connectivity index (χ1v) is 16.7. The molecule has 0 N–H and O–H groups in total. The Bertz CT molecular complexity index is 2930. The fourth-order valence-electron chi connectivity index (χ4n) is 8.13. The number of carbonyl (C=O) groups excluding carboxylic acids is 1. The first-order valence-electron chi connectivity index (χ1n) is 16.7. The minimum Gasteiger partial charge on any atom is -0.473 e. The van der Waals surface area contributed by atoms with Crippen molar-refractivity contribution in [2.75, 3.05) is 0 Å². The van der Waals surface area contributed by atoms with Gasteiger partial charge in [0.25, 0.3) is 0 Å². The third kappa shape index (κ3) is 3.59. The van der Waals surface area contributed by atoms with Gasteiger partial charge in [0.15, 0.2) is 23.2 Å². The van der Waals surface area contributed by atoms with Crippen molar-refractivity contribution in [1.29, 1.82) is 0 Å². The predicted octanol–water partition coefficient (Wildman–Crippen LogP) is 9.34. The zero-order valence-electron chi connectivity index (χ0n) is 26.6. The van der Waals surface area contributed by atoms with Gasteiger partial charge in [-0.15, -0.1) is 9.14 Å². The largest absolute Gasteiger partial charge is 0.512 e. The van der Waals surface area contributed by atoms with E-state index in [1.54, 1.807) is 4.58 Å². The normalized spacial score (nSPS) is 15.5. The lowest BCUT2D eigenvalue weighted by atomic mass is 9.91. The van der Waals surface area contributed by atoms with E-state index in [-0.39, 0.29) is 11.6 Å². The van der Waals surface area contributed by atoms with Crippen LogP contribution in [0.4, 0.5) is 10.5 Å². The van der Waals surface area contributed by atoms with E-state index in [4.69, 9.17) is 4.74 Å². The Morgan fingerprint density at radius 1 is 0.560 bits per heavy atom. The Morgan fingerprint density at radius 2 is 1.24 bits per heavy atom. The maximum absolute atomic E-state index is 14.3. The lowest BCUT2D eigenvalue weighted by Crippen LogP contribution is -2.36. The Morgan fingerprint density at radius 3 is 2.02 bits per heavy atom. The molecule has 1 atom stereocenters. The molecule has 4 heterocycles. The van der Waals surface area contributed by atoms with Crippen LogP contribution < -0.4 is 10.3 Å². The fourth-order valence-corrected chi connectivity index (χ4v) is 8.13. The smallest absolute Gasteiger partial charge is 0.473 e. The van der Waals surface area contributed by atoms with Crippen LogP contribution >= 0.6 is 0 Å². The van der Waals surface area contributed by atoms with Gasteiger partial charge in [0.1, 0.15) is 0 Å². The number of fused-ring (bicyclic) bond motifs is 7. The number of ether oxygens (including phenoxy) is 1. The second kappa shape index (κ2) is 9.87. The number of benzene rings is 6. The molecule has 8 aromatic rings. The quantitative estimate of drug-likeness (QED) is 0.180. The number of hydrogen-bond donors (Lipinski definition) is 0. The second-order valence-corrected chi connectivity index (χ2v) is 13.0. The van der Waals surface area contributed by atoms with E-state index in [1.165, 1.54) is 10.1 Å². The predicted molar refractivity (Wildman–Crippen MR) is 198 cm³/mol. The summed E-state index contributed by atoms with van der Waals surface area (Å²) in [6.45, 7) is 0. The van der Waals surface area contributed by atoms with Crippen LogP contribution in [-0.4, -0.2) is 31.6 Å². The van der Waals surface area contributed by atoms with Gasteiger partial charge in [-0.05, 0) is 76.9 Å². The molecular weight excluding hydrogens is 619 g/mol. The highest BCUT2D eigenvalue weighted by Gasteiger charge is 2.51. The summed E-state index contributed by atoms with van der Waals surface area (Å²) in [4.78, 5) is 28.3. The van der Waals surface area contributed by atoms with Crippen molar-refractivity contribution in [3.63, 3.8) is 0 Å². The van der Waals surface area contributed by atoms with E-state index in [0.717, 1.165) is 55.1 Å². The zero-order valence-corrected chi connectivity index (χ0v) is 26.6. The molecule has 6 nitrogen and oxygen atoms in total. The number of aromatic nitrogens is 2. The second-order valence-electron chi connectivity index (χ2n) is 13.0. The van der Waals surface area contributed by atoms with Crippen molar-refractivity contribution < 1.29 is 14.1 Å². The summed E-state index contributed by atoms with van der Waals surface area (Å²) in [5.74, 6) is 0.585. The Balaban J connectivity index is 1.08. The highest BCUT2D eigenvalue weighted by molar-refractivity contribution is 6.17. The molecule has 0 spiro atoms. The number of amides is 1. The van der Waals surface area contributed by atoms with Crippen LogP contribution in [0.15, 0.2) is 150 Å². The molecule has 1 amide bonds. The summed E-state index contributed by atoms with van der Waals surface area (Å²) in [6, 6.07) is 47.0. The van der Waals surface area contributed by atoms with E-state index in [9.17, 15) is 9.59 Å². The first-order chi connectivity index (χ1) is 24.6. The van der Waals surface area contributed by atoms with Crippen molar-refractivity contribution in [1.82, 2.24) is 9.13 Å². The molecule has 0 radical (unpaired) electrons. The highest BCUT2D eigenvalue weighted by atomic mass is 16.5. The van der Waals surface area contributed by atoms with Gasteiger partial charge < -0.3 is 9.30 Å². The van der Waals surface area contributed by atoms with Crippen molar-refractivity contribution >= 4 is 56.1 Å². The van der Waals surface area contributed by atoms with Crippen molar-refractivity contribution in [2.45, 2.75) is 6.10 Å². The fraction of sp³-hybridized carbons (Fsp3) is 0.0227. The number of para-hydroxylation sites is 1. The topological polar surface area (TPSA) is 56.2 Å². The van der Waals surface area contributed by atoms with Gasteiger partial charge in [0, 0.05) is 27.8 Å². The van der Waals surface area contributed by atoms with Crippen LogP contribution in [-0.2, 0) is 0 Å². The van der Waals surface area contributed by atoms with Gasteiger partial charge in [0.05, 0.1) is 22.1 Å². The summed E-state index contributed by atoms with van der Waals surface area (Å²) in [7, 11) is 0. The Labute approximate surface area is 285 Å². The SMILES string of the molecule is O=C1n2c3c(c4cc(-c5ccccc5)ccc4c2=O)C=CC2Oc4cc(-n5c6ccccc6c6cc(-c7ccccc7)ccc65)ccc4[N+]1=C32. The van der Waals surface area contributed by atoms with Gasteiger partial charge in [-0.25, -0.2) is 4.79 Å². The molecule has 0 saturated carbocycles. The average Bonchev–Trinajstić information content (AvgIpc) is 3.67. The number of nitrogens with zero attached hydrogens (tertiary/aromatic N) is 3. The van der Waals surface area contributed by atoms with Crippen LogP contribution in [0.2, 0.25) is 0 Å².